The van der Waals surface area contributed by atoms with Gasteiger partial charge in [-0.1, -0.05) is 36.4 Å². The molecule has 3 rings (SSSR count). The largest absolute Gasteiger partial charge is 0.354 e. The number of benzene rings is 1. The van der Waals surface area contributed by atoms with E-state index in [1.54, 1.807) is 0 Å². The van der Waals surface area contributed by atoms with Gasteiger partial charge in [0.2, 0.25) is 0 Å². The highest BCUT2D eigenvalue weighted by Gasteiger charge is 2.24. The Morgan fingerprint density at radius 3 is 2.56 bits per heavy atom. The molecule has 0 aliphatic carbocycles. The van der Waals surface area contributed by atoms with Crippen LogP contribution in [0, 0.1) is 0 Å². The highest BCUT2D eigenvalue weighted by Crippen LogP contribution is 2.27. The molecule has 1 unspecified atom stereocenters. The number of guanidine groups is 1. The van der Waals surface area contributed by atoms with Gasteiger partial charge < -0.3 is 10.2 Å². The van der Waals surface area contributed by atoms with Crippen LogP contribution in [0.2, 0.25) is 0 Å². The quantitative estimate of drug-likeness (QED) is 0.634. The molecular weight excluding hydrogens is 328 g/mol. The second-order valence-electron chi connectivity index (χ2n) is 6.68. The molecular formula is C20H28N4S. The van der Waals surface area contributed by atoms with Gasteiger partial charge in [-0.25, -0.2) is 4.99 Å². The van der Waals surface area contributed by atoms with E-state index in [-0.39, 0.29) is 0 Å². The van der Waals surface area contributed by atoms with Crippen LogP contribution < -0.4 is 5.32 Å². The van der Waals surface area contributed by atoms with E-state index >= 15 is 0 Å². The third kappa shape index (κ3) is 5.06. The number of aliphatic imine (C=N–C) groups is 1. The third-order valence-electron chi connectivity index (χ3n) is 4.58. The van der Waals surface area contributed by atoms with Crippen LogP contribution in [0.25, 0.3) is 0 Å². The summed E-state index contributed by atoms with van der Waals surface area (Å²) in [6.45, 7) is 3.99. The van der Waals surface area contributed by atoms with Crippen molar-refractivity contribution in [2.75, 3.05) is 33.7 Å². The van der Waals surface area contributed by atoms with Crippen molar-refractivity contribution >= 4 is 17.3 Å². The Balaban J connectivity index is 1.66. The highest BCUT2D eigenvalue weighted by molar-refractivity contribution is 7.10. The van der Waals surface area contributed by atoms with E-state index in [9.17, 15) is 0 Å². The summed E-state index contributed by atoms with van der Waals surface area (Å²) in [5.41, 5.74) is 1.23. The van der Waals surface area contributed by atoms with E-state index < -0.39 is 0 Å². The Labute approximate surface area is 155 Å². The van der Waals surface area contributed by atoms with E-state index in [1.807, 2.05) is 31.5 Å². The average Bonchev–Trinajstić information content (AvgIpc) is 3.32. The number of hydrogen-bond acceptors (Lipinski definition) is 3. The van der Waals surface area contributed by atoms with Crippen LogP contribution in [0.4, 0.5) is 0 Å². The molecule has 4 nitrogen and oxygen atoms in total. The molecule has 1 aromatic heterocycles. The summed E-state index contributed by atoms with van der Waals surface area (Å²) in [5.74, 6) is 0.949. The second kappa shape index (κ2) is 9.02. The van der Waals surface area contributed by atoms with Gasteiger partial charge in [-0.15, -0.1) is 11.3 Å². The molecule has 1 fully saturated rings. The second-order valence-corrected chi connectivity index (χ2v) is 7.65. The van der Waals surface area contributed by atoms with Crippen LogP contribution in [-0.2, 0) is 6.54 Å². The minimum Gasteiger partial charge on any atom is -0.354 e. The van der Waals surface area contributed by atoms with E-state index in [0.29, 0.717) is 12.6 Å². The Bertz CT molecular complexity index is 646. The maximum absolute atomic E-state index is 4.79. The molecule has 1 aliphatic rings. The Morgan fingerprint density at radius 2 is 1.92 bits per heavy atom. The van der Waals surface area contributed by atoms with E-state index in [0.717, 1.165) is 12.5 Å². The summed E-state index contributed by atoms with van der Waals surface area (Å²) < 4.78 is 0. The molecule has 1 N–H and O–H groups in total. The maximum atomic E-state index is 4.79. The van der Waals surface area contributed by atoms with Gasteiger partial charge in [0.05, 0.1) is 12.6 Å². The summed E-state index contributed by atoms with van der Waals surface area (Å²) in [4.78, 5) is 10.9. The molecule has 0 saturated carbocycles. The van der Waals surface area contributed by atoms with Crippen molar-refractivity contribution < 1.29 is 0 Å². The monoisotopic (exact) mass is 356 g/mol. The van der Waals surface area contributed by atoms with E-state index in [1.165, 1.54) is 36.4 Å². The van der Waals surface area contributed by atoms with Crippen molar-refractivity contribution in [3.63, 3.8) is 0 Å². The standard InChI is InChI=1S/C20H28N4S/c1-23(2)20(21-15-17-9-4-3-5-10-17)22-16-18(19-11-8-14-25-19)24-12-6-7-13-24/h3-5,8-11,14,18H,6-7,12-13,15-16H2,1-2H3,(H,21,22). The normalized spacial score (nSPS) is 16.8. The molecule has 1 atom stereocenters. The zero-order valence-corrected chi connectivity index (χ0v) is 16.0. The van der Waals surface area contributed by atoms with Crippen molar-refractivity contribution in [3.8, 4) is 0 Å². The van der Waals surface area contributed by atoms with Crippen LogP contribution in [0.15, 0.2) is 52.8 Å². The van der Waals surface area contributed by atoms with Gasteiger partial charge in [0.15, 0.2) is 5.96 Å². The first-order chi connectivity index (χ1) is 12.2. The van der Waals surface area contributed by atoms with Gasteiger partial charge in [-0.2, -0.15) is 0 Å². The number of rotatable bonds is 6. The Morgan fingerprint density at radius 1 is 1.16 bits per heavy atom. The number of hydrogen-bond donors (Lipinski definition) is 1. The van der Waals surface area contributed by atoms with Crippen LogP contribution in [0.5, 0.6) is 0 Å². The zero-order valence-electron chi connectivity index (χ0n) is 15.2. The van der Waals surface area contributed by atoms with Gasteiger partial charge in [0.25, 0.3) is 0 Å². The van der Waals surface area contributed by atoms with Crippen molar-refractivity contribution in [3.05, 3.63) is 58.3 Å². The van der Waals surface area contributed by atoms with Gasteiger partial charge in [0.1, 0.15) is 0 Å². The molecule has 5 heteroatoms. The van der Waals surface area contributed by atoms with Gasteiger partial charge in [0, 0.05) is 25.5 Å². The topological polar surface area (TPSA) is 30.9 Å². The number of thiophene rings is 1. The Hall–Kier alpha value is -1.85. The van der Waals surface area contributed by atoms with Crippen molar-refractivity contribution in [1.29, 1.82) is 0 Å². The minimum absolute atomic E-state index is 0.435. The summed E-state index contributed by atoms with van der Waals surface area (Å²) >= 11 is 1.85. The predicted octanol–water partition coefficient (Wildman–Crippen LogP) is 3.59. The van der Waals surface area contributed by atoms with Crippen LogP contribution in [-0.4, -0.2) is 49.5 Å². The summed E-state index contributed by atoms with van der Waals surface area (Å²) in [6.07, 6.45) is 2.62. The van der Waals surface area contributed by atoms with E-state index in [2.05, 4.69) is 56.9 Å². The minimum atomic E-state index is 0.435. The number of nitrogens with one attached hydrogen (secondary N) is 1. The fraction of sp³-hybridized carbons (Fsp3) is 0.450. The van der Waals surface area contributed by atoms with Crippen molar-refractivity contribution in [2.24, 2.45) is 4.99 Å². The summed E-state index contributed by atoms with van der Waals surface area (Å²) in [5, 5.41) is 5.77. The van der Waals surface area contributed by atoms with Crippen LogP contribution in [0.1, 0.15) is 29.3 Å². The molecule has 0 bridgehead atoms. The number of nitrogens with zero attached hydrogens (tertiary/aromatic N) is 3. The first-order valence-corrected chi connectivity index (χ1v) is 9.89. The van der Waals surface area contributed by atoms with Crippen LogP contribution >= 0.6 is 11.3 Å². The molecule has 1 saturated heterocycles. The first kappa shape index (κ1) is 18.0. The molecule has 2 heterocycles. The van der Waals surface area contributed by atoms with Crippen molar-refractivity contribution in [2.45, 2.75) is 25.4 Å². The lowest BCUT2D eigenvalue weighted by Gasteiger charge is -2.28. The molecule has 2 aromatic rings. The maximum Gasteiger partial charge on any atom is 0.193 e. The lowest BCUT2D eigenvalue weighted by molar-refractivity contribution is 0.248. The molecule has 0 spiro atoms. The van der Waals surface area contributed by atoms with E-state index in [4.69, 9.17) is 4.99 Å². The molecule has 25 heavy (non-hydrogen) atoms. The summed E-state index contributed by atoms with van der Waals surface area (Å²) in [7, 11) is 4.10. The third-order valence-corrected chi connectivity index (χ3v) is 5.56. The van der Waals surface area contributed by atoms with Gasteiger partial charge in [-0.3, -0.25) is 4.90 Å². The molecule has 1 aromatic carbocycles. The first-order valence-electron chi connectivity index (χ1n) is 9.01. The molecule has 0 radical (unpaired) electrons. The lowest BCUT2D eigenvalue weighted by Crippen LogP contribution is -2.42. The zero-order chi connectivity index (χ0) is 17.5. The SMILES string of the molecule is CN(C)C(=NCc1ccccc1)NCC(c1cccs1)N1CCCC1. The van der Waals surface area contributed by atoms with Gasteiger partial charge in [-0.05, 0) is 42.9 Å². The molecule has 0 amide bonds. The fourth-order valence-electron chi connectivity index (χ4n) is 3.24. The van der Waals surface area contributed by atoms with Gasteiger partial charge >= 0.3 is 0 Å². The number of likely N-dealkylation sites (tertiary alicyclic amines) is 1. The summed E-state index contributed by atoms with van der Waals surface area (Å²) in [6, 6.07) is 15.3. The molecule has 134 valence electrons. The lowest BCUT2D eigenvalue weighted by atomic mass is 10.2. The van der Waals surface area contributed by atoms with Crippen LogP contribution in [0.3, 0.4) is 0 Å². The smallest absolute Gasteiger partial charge is 0.193 e. The highest BCUT2D eigenvalue weighted by atomic mass is 32.1. The van der Waals surface area contributed by atoms with Crippen molar-refractivity contribution in [1.82, 2.24) is 15.1 Å². The predicted molar refractivity (Wildman–Crippen MR) is 107 cm³/mol. The fourth-order valence-corrected chi connectivity index (χ4v) is 4.10. The average molecular weight is 357 g/mol. The Kier molecular flexibility index (Phi) is 6.48. The molecule has 1 aliphatic heterocycles.